The van der Waals surface area contributed by atoms with Crippen LogP contribution >= 0.6 is 0 Å². The van der Waals surface area contributed by atoms with E-state index in [-0.39, 0.29) is 18.0 Å². The predicted octanol–water partition coefficient (Wildman–Crippen LogP) is 5.12. The van der Waals surface area contributed by atoms with Crippen LogP contribution in [0.1, 0.15) is 48.0 Å². The largest absolute Gasteiger partial charge is 0.393 e. The molecule has 2 aromatic carbocycles. The lowest BCUT2D eigenvalue weighted by Crippen LogP contribution is -2.36. The van der Waals surface area contributed by atoms with E-state index in [9.17, 15) is 14.7 Å². The van der Waals surface area contributed by atoms with Crippen molar-refractivity contribution in [3.63, 3.8) is 0 Å². The maximum atomic E-state index is 13.1. The monoisotopic (exact) mass is 552 g/mol. The Morgan fingerprint density at radius 1 is 0.976 bits per heavy atom. The molecule has 1 aliphatic carbocycles. The zero-order chi connectivity index (χ0) is 28.3. The Labute approximate surface area is 239 Å². The van der Waals surface area contributed by atoms with Gasteiger partial charge in [0.2, 0.25) is 0 Å². The molecule has 2 aromatic heterocycles. The molecule has 3 N–H and O–H groups in total. The number of benzene rings is 2. The van der Waals surface area contributed by atoms with E-state index in [1.165, 1.54) is 6.42 Å². The van der Waals surface area contributed by atoms with Crippen molar-refractivity contribution >= 4 is 40.0 Å². The Hall–Kier alpha value is -4.21. The second-order valence-corrected chi connectivity index (χ2v) is 11.0. The molecular formula is C32H36N6O3. The third kappa shape index (κ3) is 5.82. The Morgan fingerprint density at radius 2 is 1.73 bits per heavy atom. The van der Waals surface area contributed by atoms with Crippen LogP contribution in [-0.4, -0.2) is 63.8 Å². The Balaban J connectivity index is 1.18. The molecule has 0 radical (unpaired) electrons. The van der Waals surface area contributed by atoms with Crippen molar-refractivity contribution in [3.05, 3.63) is 84.2 Å². The highest BCUT2D eigenvalue weighted by atomic mass is 16.3. The first-order chi connectivity index (χ1) is 20.0. The van der Waals surface area contributed by atoms with Crippen molar-refractivity contribution in [2.24, 2.45) is 0 Å². The number of anilines is 3. The number of pyridine rings is 1. The number of aliphatic hydroxyl groups excluding tert-OH is 1. The zero-order valence-electron chi connectivity index (χ0n) is 23.3. The molecule has 0 atom stereocenters. The summed E-state index contributed by atoms with van der Waals surface area (Å²) in [6.07, 6.45) is 8.31. The highest BCUT2D eigenvalue weighted by Gasteiger charge is 2.27. The lowest BCUT2D eigenvalue weighted by molar-refractivity contribution is 0.0792. The molecule has 212 valence electrons. The van der Waals surface area contributed by atoms with Gasteiger partial charge in [0.1, 0.15) is 5.82 Å². The van der Waals surface area contributed by atoms with E-state index >= 15 is 0 Å². The molecule has 9 heteroatoms. The highest BCUT2D eigenvalue weighted by molar-refractivity contribution is 6.04. The maximum absolute atomic E-state index is 13.1. The number of nitrogens with zero attached hydrogens (tertiary/aromatic N) is 4. The van der Waals surface area contributed by atoms with Crippen molar-refractivity contribution in [1.82, 2.24) is 19.8 Å². The number of hydrogen-bond acceptors (Lipinski definition) is 6. The number of fused-ring (bicyclic) bond motifs is 1. The summed E-state index contributed by atoms with van der Waals surface area (Å²) in [5.74, 6) is 0.300. The topological polar surface area (TPSA) is 103 Å². The van der Waals surface area contributed by atoms with Gasteiger partial charge in [-0.3, -0.25) is 14.3 Å². The predicted molar refractivity (Wildman–Crippen MR) is 161 cm³/mol. The minimum absolute atomic E-state index is 0.171. The van der Waals surface area contributed by atoms with Crippen LogP contribution < -0.4 is 15.5 Å². The van der Waals surface area contributed by atoms with Crippen LogP contribution in [-0.2, 0) is 6.54 Å². The summed E-state index contributed by atoms with van der Waals surface area (Å²) in [4.78, 5) is 34.4. The average Bonchev–Trinajstić information content (AvgIpc) is 3.39. The van der Waals surface area contributed by atoms with E-state index in [1.54, 1.807) is 24.0 Å². The number of hydrogen-bond donors (Lipinski definition) is 3. The first-order valence-corrected chi connectivity index (χ1v) is 14.4. The number of rotatable bonds is 7. The molecule has 2 aliphatic rings. The van der Waals surface area contributed by atoms with Crippen LogP contribution in [0, 0.1) is 0 Å². The fraction of sp³-hybridized carbons (Fsp3) is 0.344. The summed E-state index contributed by atoms with van der Waals surface area (Å²) in [5.41, 5.74) is 4.59. The molecule has 6 rings (SSSR count). The second-order valence-electron chi connectivity index (χ2n) is 11.0. The van der Waals surface area contributed by atoms with Gasteiger partial charge in [0.25, 0.3) is 5.91 Å². The summed E-state index contributed by atoms with van der Waals surface area (Å²) < 4.78 is 1.61. The zero-order valence-corrected chi connectivity index (χ0v) is 23.3. The van der Waals surface area contributed by atoms with Crippen LogP contribution in [0.15, 0.2) is 73.1 Å². The molecule has 0 unspecified atom stereocenters. The van der Waals surface area contributed by atoms with Crippen molar-refractivity contribution in [1.29, 1.82) is 0 Å². The molecule has 2 fully saturated rings. The molecule has 9 nitrogen and oxygen atoms in total. The minimum atomic E-state index is -0.200. The van der Waals surface area contributed by atoms with E-state index in [1.807, 2.05) is 54.6 Å². The Bertz CT molecular complexity index is 1540. The van der Waals surface area contributed by atoms with Crippen LogP contribution in [0.4, 0.5) is 22.0 Å². The van der Waals surface area contributed by atoms with Gasteiger partial charge in [-0.05, 0) is 80.1 Å². The molecule has 0 spiro atoms. The average molecular weight is 553 g/mol. The van der Waals surface area contributed by atoms with Crippen LogP contribution in [0.25, 0.3) is 10.9 Å². The number of carbonyl (C=O) groups excluding carboxylic acids is 2. The van der Waals surface area contributed by atoms with Gasteiger partial charge in [-0.15, -0.1) is 0 Å². The Morgan fingerprint density at radius 3 is 2.44 bits per heavy atom. The molecule has 1 saturated heterocycles. The van der Waals surface area contributed by atoms with Crippen molar-refractivity contribution < 1.29 is 14.7 Å². The van der Waals surface area contributed by atoms with Gasteiger partial charge < -0.3 is 20.6 Å². The lowest BCUT2D eigenvalue weighted by atomic mass is 9.90. The molecule has 1 saturated carbocycles. The summed E-state index contributed by atoms with van der Waals surface area (Å²) >= 11 is 0. The standard InChI is InChI=1S/C32H36N6O3/c1-33-32(41)37-18-12-24-19-26(9-10-29(24)37)38(25-3-2-4-25)27-11-15-34-30(20-27)35-31(40)23-7-5-22(6-8-23)21-36-16-13-28(39)14-17-36/h5-12,15,18-20,25,28,39H,2-4,13-14,16-17,21H2,1H3,(H,33,41)(H,34,35,40). The van der Waals surface area contributed by atoms with Gasteiger partial charge in [-0.1, -0.05) is 12.1 Å². The molecule has 41 heavy (non-hydrogen) atoms. The maximum Gasteiger partial charge on any atom is 0.325 e. The molecule has 0 bridgehead atoms. The van der Waals surface area contributed by atoms with E-state index in [0.29, 0.717) is 17.4 Å². The second kappa shape index (κ2) is 11.7. The fourth-order valence-corrected chi connectivity index (χ4v) is 5.72. The van der Waals surface area contributed by atoms with Crippen LogP contribution in [0.3, 0.4) is 0 Å². The molecule has 3 heterocycles. The fourth-order valence-electron chi connectivity index (χ4n) is 5.72. The summed E-state index contributed by atoms with van der Waals surface area (Å²) in [7, 11) is 1.62. The summed E-state index contributed by atoms with van der Waals surface area (Å²) in [6, 6.07) is 19.9. The van der Waals surface area contributed by atoms with Crippen LogP contribution in [0.2, 0.25) is 0 Å². The number of aromatic nitrogens is 2. The first kappa shape index (κ1) is 27.0. The third-order valence-corrected chi connectivity index (χ3v) is 8.27. The van der Waals surface area contributed by atoms with E-state index in [2.05, 4.69) is 31.5 Å². The van der Waals surface area contributed by atoms with Gasteiger partial charge in [0, 0.05) is 73.5 Å². The molecule has 4 aromatic rings. The quantitative estimate of drug-likeness (QED) is 0.294. The number of nitrogens with one attached hydrogen (secondary N) is 2. The Kier molecular flexibility index (Phi) is 7.71. The number of likely N-dealkylation sites (tertiary alicyclic amines) is 1. The smallest absolute Gasteiger partial charge is 0.325 e. The van der Waals surface area contributed by atoms with Gasteiger partial charge in [-0.25, -0.2) is 9.78 Å². The van der Waals surface area contributed by atoms with Gasteiger partial charge in [-0.2, -0.15) is 0 Å². The van der Waals surface area contributed by atoms with Crippen molar-refractivity contribution in [2.75, 3.05) is 30.4 Å². The van der Waals surface area contributed by atoms with Gasteiger partial charge in [0.15, 0.2) is 0 Å². The number of piperidine rings is 1. The van der Waals surface area contributed by atoms with Crippen LogP contribution in [0.5, 0.6) is 0 Å². The van der Waals surface area contributed by atoms with E-state index < -0.39 is 0 Å². The van der Waals surface area contributed by atoms with Gasteiger partial charge >= 0.3 is 6.03 Å². The van der Waals surface area contributed by atoms with Gasteiger partial charge in [0.05, 0.1) is 11.6 Å². The first-order valence-electron chi connectivity index (χ1n) is 14.4. The van der Waals surface area contributed by atoms with E-state index in [0.717, 1.165) is 73.2 Å². The third-order valence-electron chi connectivity index (χ3n) is 8.27. The normalized spacial score (nSPS) is 16.3. The molecule has 1 aliphatic heterocycles. The lowest BCUT2D eigenvalue weighted by Gasteiger charge is -2.39. The minimum Gasteiger partial charge on any atom is -0.393 e. The molecule has 2 amide bonds. The number of carbonyl (C=O) groups is 2. The SMILES string of the molecule is CNC(=O)n1ccc2cc(N(c3ccnc(NC(=O)c4ccc(CN5CCC(O)CC5)cc4)c3)C3CCC3)ccc21. The number of aliphatic hydroxyl groups is 1. The highest BCUT2D eigenvalue weighted by Crippen LogP contribution is 2.38. The molecular weight excluding hydrogens is 516 g/mol. The summed E-state index contributed by atoms with van der Waals surface area (Å²) in [6.45, 7) is 2.59. The number of amides is 2. The van der Waals surface area contributed by atoms with Crippen molar-refractivity contribution in [2.45, 2.75) is 50.8 Å². The van der Waals surface area contributed by atoms with Crippen molar-refractivity contribution in [3.8, 4) is 0 Å². The summed E-state index contributed by atoms with van der Waals surface area (Å²) in [5, 5.41) is 16.4. The van der Waals surface area contributed by atoms with E-state index in [4.69, 9.17) is 0 Å².